The number of allylic oxidation sites excluding steroid dienone is 1. The van der Waals surface area contributed by atoms with Crippen LogP contribution in [-0.2, 0) is 15.9 Å². The fourth-order valence-electron chi connectivity index (χ4n) is 4.34. The molecule has 0 N–H and O–H groups in total. The Bertz CT molecular complexity index is 849. The minimum atomic E-state index is -0.482. The van der Waals surface area contributed by atoms with E-state index in [4.69, 9.17) is 21.1 Å². The van der Waals surface area contributed by atoms with Crippen LogP contribution in [0.2, 0.25) is 5.02 Å². The van der Waals surface area contributed by atoms with Gasteiger partial charge in [-0.1, -0.05) is 43.0 Å². The molecule has 32 heavy (non-hydrogen) atoms. The van der Waals surface area contributed by atoms with Gasteiger partial charge in [-0.3, -0.25) is 4.90 Å². The number of hydrogen-bond donors (Lipinski definition) is 0. The van der Waals surface area contributed by atoms with Gasteiger partial charge in [0.1, 0.15) is 18.0 Å². The molecule has 3 rings (SSSR count). The number of amides is 1. The first-order valence-corrected chi connectivity index (χ1v) is 11.7. The second kappa shape index (κ2) is 10.6. The number of carbonyl (C=O) groups is 1. The van der Waals surface area contributed by atoms with Crippen molar-refractivity contribution in [2.75, 3.05) is 26.2 Å². The van der Waals surface area contributed by atoms with E-state index in [0.717, 1.165) is 42.2 Å². The monoisotopic (exact) mass is 458 g/mol. The molecule has 0 radical (unpaired) electrons. The van der Waals surface area contributed by atoms with E-state index < -0.39 is 5.60 Å². The first kappa shape index (κ1) is 24.4. The summed E-state index contributed by atoms with van der Waals surface area (Å²) in [6.07, 6.45) is 6.05. The van der Waals surface area contributed by atoms with Gasteiger partial charge in [0.2, 0.25) is 0 Å². The summed E-state index contributed by atoms with van der Waals surface area (Å²) < 4.78 is 11.7. The zero-order chi connectivity index (χ0) is 23.3. The summed E-state index contributed by atoms with van der Waals surface area (Å²) in [6, 6.07) is 8.55. The lowest BCUT2D eigenvalue weighted by Crippen LogP contribution is -2.52. The van der Waals surface area contributed by atoms with Gasteiger partial charge in [0.25, 0.3) is 0 Å². The molecule has 1 aromatic carbocycles. The van der Waals surface area contributed by atoms with Gasteiger partial charge in [0, 0.05) is 42.3 Å². The molecule has 0 spiro atoms. The number of carbonyl (C=O) groups excluding carboxylic acids is 1. The maximum absolute atomic E-state index is 12.5. The highest BCUT2D eigenvalue weighted by molar-refractivity contribution is 6.30. The van der Waals surface area contributed by atoms with Crippen molar-refractivity contribution in [1.29, 1.82) is 0 Å². The quantitative estimate of drug-likeness (QED) is 0.575. The van der Waals surface area contributed by atoms with Crippen LogP contribution in [0.4, 0.5) is 4.79 Å². The smallest absolute Gasteiger partial charge is 0.410 e. The molecule has 2 aliphatic heterocycles. The number of piperidine rings is 1. The van der Waals surface area contributed by atoms with Crippen LogP contribution in [0.15, 0.2) is 60.9 Å². The zero-order valence-corrected chi connectivity index (χ0v) is 20.2. The molecule has 1 atom stereocenters. The van der Waals surface area contributed by atoms with E-state index in [1.807, 2.05) is 43.9 Å². The fraction of sp³-hybridized carbons (Fsp3) is 0.500. The Morgan fingerprint density at radius 1 is 1.19 bits per heavy atom. The normalized spacial score (nSPS) is 21.0. The third kappa shape index (κ3) is 6.39. The number of nitrogens with zero attached hydrogens (tertiary/aromatic N) is 2. The maximum atomic E-state index is 12.5. The second-order valence-electron chi connectivity index (χ2n) is 9.46. The average Bonchev–Trinajstić information content (AvgIpc) is 2.93. The number of benzene rings is 1. The van der Waals surface area contributed by atoms with Gasteiger partial charge in [0.15, 0.2) is 0 Å². The van der Waals surface area contributed by atoms with Gasteiger partial charge in [-0.15, -0.1) is 0 Å². The Balaban J connectivity index is 1.75. The zero-order valence-electron chi connectivity index (χ0n) is 19.5. The summed E-state index contributed by atoms with van der Waals surface area (Å²) in [4.78, 5) is 16.8. The molecular weight excluding hydrogens is 424 g/mol. The average molecular weight is 459 g/mol. The van der Waals surface area contributed by atoms with E-state index in [-0.39, 0.29) is 12.1 Å². The number of rotatable bonds is 5. The fourth-order valence-corrected chi connectivity index (χ4v) is 4.46. The third-order valence-corrected chi connectivity index (χ3v) is 6.22. The largest absolute Gasteiger partial charge is 0.492 e. The summed E-state index contributed by atoms with van der Waals surface area (Å²) in [5, 5.41) is 0.738. The van der Waals surface area contributed by atoms with E-state index in [1.165, 1.54) is 5.56 Å². The Morgan fingerprint density at radius 2 is 1.84 bits per heavy atom. The maximum Gasteiger partial charge on any atom is 0.410 e. The first-order chi connectivity index (χ1) is 15.2. The van der Waals surface area contributed by atoms with Crippen molar-refractivity contribution < 1.29 is 14.3 Å². The summed E-state index contributed by atoms with van der Waals surface area (Å²) in [7, 11) is 0. The Hall–Kier alpha value is -2.24. The molecule has 0 aromatic heterocycles. The van der Waals surface area contributed by atoms with Crippen LogP contribution in [0, 0.1) is 0 Å². The van der Waals surface area contributed by atoms with E-state index in [1.54, 1.807) is 6.08 Å². The van der Waals surface area contributed by atoms with Crippen LogP contribution in [-0.4, -0.2) is 59.8 Å². The van der Waals surface area contributed by atoms with Crippen LogP contribution in [0.5, 0.6) is 0 Å². The summed E-state index contributed by atoms with van der Waals surface area (Å²) in [6.45, 7) is 16.3. The molecule has 2 heterocycles. The Kier molecular flexibility index (Phi) is 8.07. The lowest BCUT2D eigenvalue weighted by atomic mass is 9.97. The number of ether oxygens (including phenoxy) is 2. The summed E-state index contributed by atoms with van der Waals surface area (Å²) in [5.74, 6) is 0.801. The molecule has 174 valence electrons. The predicted molar refractivity (Wildman–Crippen MR) is 130 cm³/mol. The van der Waals surface area contributed by atoms with Gasteiger partial charge in [-0.2, -0.15) is 0 Å². The van der Waals surface area contributed by atoms with Gasteiger partial charge >= 0.3 is 6.09 Å². The predicted octanol–water partition coefficient (Wildman–Crippen LogP) is 5.61. The number of halogens is 1. The molecule has 0 saturated carbocycles. The molecule has 0 aliphatic carbocycles. The molecule has 5 nitrogen and oxygen atoms in total. The van der Waals surface area contributed by atoms with E-state index >= 15 is 0 Å². The first-order valence-electron chi connectivity index (χ1n) is 11.3. The van der Waals surface area contributed by atoms with E-state index in [0.29, 0.717) is 25.7 Å². The van der Waals surface area contributed by atoms with E-state index in [9.17, 15) is 4.79 Å². The lowest BCUT2D eigenvalue weighted by Gasteiger charge is -2.41. The van der Waals surface area contributed by atoms with Gasteiger partial charge in [-0.05, 0) is 63.8 Å². The van der Waals surface area contributed by atoms with Gasteiger partial charge in [0.05, 0.1) is 0 Å². The number of likely N-dealkylation sites (tertiary alicyclic amines) is 1. The minimum Gasteiger partial charge on any atom is -0.492 e. The lowest BCUT2D eigenvalue weighted by molar-refractivity contribution is 0.00922. The van der Waals surface area contributed by atoms with Crippen LogP contribution >= 0.6 is 11.6 Å². The highest BCUT2D eigenvalue weighted by atomic mass is 35.5. The molecule has 1 fully saturated rings. The Labute approximate surface area is 197 Å². The van der Waals surface area contributed by atoms with Crippen molar-refractivity contribution in [3.05, 3.63) is 71.5 Å². The van der Waals surface area contributed by atoms with Crippen LogP contribution < -0.4 is 0 Å². The second-order valence-corrected chi connectivity index (χ2v) is 9.90. The van der Waals surface area contributed by atoms with Crippen molar-refractivity contribution in [3.8, 4) is 0 Å². The molecule has 2 aliphatic rings. The van der Waals surface area contributed by atoms with Crippen molar-refractivity contribution in [2.45, 2.75) is 57.7 Å². The van der Waals surface area contributed by atoms with Gasteiger partial charge in [-0.25, -0.2) is 4.79 Å². The van der Waals surface area contributed by atoms with Gasteiger partial charge < -0.3 is 14.4 Å². The van der Waals surface area contributed by atoms with Crippen molar-refractivity contribution in [3.63, 3.8) is 0 Å². The molecular formula is C26H35ClN2O3. The molecule has 1 amide bonds. The summed E-state index contributed by atoms with van der Waals surface area (Å²) >= 11 is 6.08. The molecule has 6 heteroatoms. The van der Waals surface area contributed by atoms with Crippen LogP contribution in [0.1, 0.15) is 39.2 Å². The summed E-state index contributed by atoms with van der Waals surface area (Å²) in [5.41, 5.74) is 1.79. The van der Waals surface area contributed by atoms with Crippen molar-refractivity contribution in [1.82, 2.24) is 9.80 Å². The number of hydrogen-bond acceptors (Lipinski definition) is 4. The minimum absolute atomic E-state index is 0.196. The van der Waals surface area contributed by atoms with Crippen LogP contribution in [0.3, 0.4) is 0 Å². The topological polar surface area (TPSA) is 42.0 Å². The van der Waals surface area contributed by atoms with Crippen molar-refractivity contribution >= 4 is 17.7 Å². The third-order valence-electron chi connectivity index (χ3n) is 5.97. The molecule has 1 saturated heterocycles. The Morgan fingerprint density at radius 3 is 2.41 bits per heavy atom. The van der Waals surface area contributed by atoms with Crippen molar-refractivity contribution in [2.24, 2.45) is 0 Å². The SMILES string of the molecule is C=CC1=C(C=C)OCC(Cc2ccc(Cl)cc2)N(C2CCN(C(=O)OC(C)(C)C)CC2)C1. The highest BCUT2D eigenvalue weighted by Crippen LogP contribution is 2.28. The molecule has 0 bridgehead atoms. The molecule has 1 aromatic rings. The van der Waals surface area contributed by atoms with Crippen LogP contribution in [0.25, 0.3) is 0 Å². The highest BCUT2D eigenvalue weighted by Gasteiger charge is 2.34. The standard InChI is InChI=1S/C26H35ClN2O3/c1-6-20-17-29(22-12-14-28(15-13-22)25(30)32-26(3,4)5)23(18-31-24(20)7-2)16-19-8-10-21(27)11-9-19/h6-11,22-23H,1-2,12-18H2,3-5H3. The van der Waals surface area contributed by atoms with E-state index in [2.05, 4.69) is 30.2 Å². The molecule has 1 unspecified atom stereocenters.